The van der Waals surface area contributed by atoms with Gasteiger partial charge in [-0.2, -0.15) is 0 Å². The quantitative estimate of drug-likeness (QED) is 0.861. The molecular weight excluding hydrogens is 244 g/mol. The first-order valence-electron chi connectivity index (χ1n) is 7.18. The van der Waals surface area contributed by atoms with Crippen LogP contribution in [0.3, 0.4) is 0 Å². The first-order chi connectivity index (χ1) is 9.70. The normalized spacial score (nSPS) is 12.6. The molecule has 1 atom stereocenters. The van der Waals surface area contributed by atoms with E-state index in [-0.39, 0.29) is 0 Å². The van der Waals surface area contributed by atoms with Gasteiger partial charge in [0.2, 0.25) is 0 Å². The molecule has 0 saturated heterocycles. The molecule has 0 bridgehead atoms. The smallest absolute Gasteiger partial charge is 0.0329 e. The van der Waals surface area contributed by atoms with Crippen molar-refractivity contribution in [3.63, 3.8) is 0 Å². The Bertz CT molecular complexity index is 503. The van der Waals surface area contributed by atoms with Gasteiger partial charge in [-0.3, -0.25) is 0 Å². The fourth-order valence-corrected chi connectivity index (χ4v) is 2.40. The van der Waals surface area contributed by atoms with E-state index in [0.717, 1.165) is 13.0 Å². The molecule has 0 saturated carbocycles. The van der Waals surface area contributed by atoms with Gasteiger partial charge in [0.15, 0.2) is 0 Å². The molecule has 2 rings (SSSR count). The molecule has 0 heterocycles. The van der Waals surface area contributed by atoms with Crippen LogP contribution in [0.1, 0.15) is 18.0 Å². The van der Waals surface area contributed by atoms with E-state index in [2.05, 4.69) is 78.9 Å². The van der Waals surface area contributed by atoms with Crippen molar-refractivity contribution in [3.8, 4) is 11.1 Å². The summed E-state index contributed by atoms with van der Waals surface area (Å²) < 4.78 is 0. The molecule has 20 heavy (non-hydrogen) atoms. The van der Waals surface area contributed by atoms with E-state index in [1.807, 2.05) is 7.05 Å². The Balaban J connectivity index is 2.10. The average Bonchev–Trinajstić information content (AvgIpc) is 2.49. The van der Waals surface area contributed by atoms with Crippen LogP contribution >= 0.6 is 0 Å². The SMILES string of the molecule is CNC(CCN(C)C)c1ccc(-c2ccccc2)cc1. The number of hydrogen-bond donors (Lipinski definition) is 1. The molecule has 0 spiro atoms. The minimum atomic E-state index is 0.419. The fraction of sp³-hybridized carbons (Fsp3) is 0.333. The van der Waals surface area contributed by atoms with Crippen molar-refractivity contribution < 1.29 is 0 Å². The second-order valence-electron chi connectivity index (χ2n) is 5.42. The van der Waals surface area contributed by atoms with Crippen molar-refractivity contribution in [1.82, 2.24) is 10.2 Å². The molecule has 1 N–H and O–H groups in total. The summed E-state index contributed by atoms with van der Waals surface area (Å²) in [6.45, 7) is 1.09. The van der Waals surface area contributed by atoms with Crippen molar-refractivity contribution >= 4 is 0 Å². The third-order valence-corrected chi connectivity index (χ3v) is 3.63. The van der Waals surface area contributed by atoms with Gasteiger partial charge in [0.05, 0.1) is 0 Å². The van der Waals surface area contributed by atoms with E-state index in [4.69, 9.17) is 0 Å². The summed E-state index contributed by atoms with van der Waals surface area (Å²) in [4.78, 5) is 2.22. The summed E-state index contributed by atoms with van der Waals surface area (Å²) in [6, 6.07) is 19.8. The zero-order chi connectivity index (χ0) is 14.4. The lowest BCUT2D eigenvalue weighted by Crippen LogP contribution is -2.22. The van der Waals surface area contributed by atoms with Gasteiger partial charge in [-0.25, -0.2) is 0 Å². The molecule has 0 radical (unpaired) electrons. The summed E-state index contributed by atoms with van der Waals surface area (Å²) in [5.41, 5.74) is 3.90. The Kier molecular flexibility index (Phi) is 5.33. The Hall–Kier alpha value is -1.64. The Morgan fingerprint density at radius 1 is 0.900 bits per heavy atom. The molecule has 0 aliphatic carbocycles. The van der Waals surface area contributed by atoms with Gasteiger partial charge in [0.1, 0.15) is 0 Å². The van der Waals surface area contributed by atoms with Crippen LogP contribution in [0.2, 0.25) is 0 Å². The van der Waals surface area contributed by atoms with Crippen LogP contribution in [0.15, 0.2) is 54.6 Å². The topological polar surface area (TPSA) is 15.3 Å². The van der Waals surface area contributed by atoms with E-state index in [0.29, 0.717) is 6.04 Å². The summed E-state index contributed by atoms with van der Waals surface area (Å²) in [5, 5.41) is 3.41. The number of hydrogen-bond acceptors (Lipinski definition) is 2. The molecular formula is C18H24N2. The Morgan fingerprint density at radius 2 is 1.50 bits per heavy atom. The average molecular weight is 268 g/mol. The van der Waals surface area contributed by atoms with Crippen LogP contribution in [0.4, 0.5) is 0 Å². The third kappa shape index (κ3) is 3.92. The van der Waals surface area contributed by atoms with Gasteiger partial charge in [-0.05, 0) is 50.8 Å². The third-order valence-electron chi connectivity index (χ3n) is 3.63. The molecule has 1 unspecified atom stereocenters. The van der Waals surface area contributed by atoms with Gasteiger partial charge in [-0.15, -0.1) is 0 Å². The molecule has 2 aromatic carbocycles. The first-order valence-corrected chi connectivity index (χ1v) is 7.18. The van der Waals surface area contributed by atoms with Crippen LogP contribution in [-0.4, -0.2) is 32.6 Å². The predicted molar refractivity (Wildman–Crippen MR) is 86.8 cm³/mol. The first kappa shape index (κ1) is 14.8. The fourth-order valence-electron chi connectivity index (χ4n) is 2.40. The van der Waals surface area contributed by atoms with Crippen molar-refractivity contribution in [2.45, 2.75) is 12.5 Å². The molecule has 2 nitrogen and oxygen atoms in total. The van der Waals surface area contributed by atoms with Crippen molar-refractivity contribution in [3.05, 3.63) is 60.2 Å². The van der Waals surface area contributed by atoms with Crippen LogP contribution in [0, 0.1) is 0 Å². The molecule has 0 aliphatic heterocycles. The van der Waals surface area contributed by atoms with E-state index >= 15 is 0 Å². The van der Waals surface area contributed by atoms with E-state index < -0.39 is 0 Å². The predicted octanol–water partition coefficient (Wildman–Crippen LogP) is 3.57. The molecule has 2 heteroatoms. The standard InChI is InChI=1S/C18H24N2/c1-19-18(13-14-20(2)3)17-11-9-16(10-12-17)15-7-5-4-6-8-15/h4-12,18-19H,13-14H2,1-3H3. The second kappa shape index (κ2) is 7.22. The molecule has 2 aromatic rings. The lowest BCUT2D eigenvalue weighted by atomic mass is 9.99. The van der Waals surface area contributed by atoms with Crippen molar-refractivity contribution in [1.29, 1.82) is 0 Å². The van der Waals surface area contributed by atoms with E-state index in [9.17, 15) is 0 Å². The monoisotopic (exact) mass is 268 g/mol. The molecule has 106 valence electrons. The Labute approximate surface area is 122 Å². The summed E-state index contributed by atoms with van der Waals surface area (Å²) in [5.74, 6) is 0. The maximum atomic E-state index is 3.41. The highest BCUT2D eigenvalue weighted by atomic mass is 15.1. The lowest BCUT2D eigenvalue weighted by Gasteiger charge is -2.19. The van der Waals surface area contributed by atoms with Gasteiger partial charge < -0.3 is 10.2 Å². The molecule has 0 amide bonds. The van der Waals surface area contributed by atoms with Gasteiger partial charge in [-0.1, -0.05) is 54.6 Å². The number of nitrogens with one attached hydrogen (secondary N) is 1. The van der Waals surface area contributed by atoms with Crippen molar-refractivity contribution in [2.75, 3.05) is 27.7 Å². The highest BCUT2D eigenvalue weighted by Crippen LogP contribution is 2.23. The summed E-state index contributed by atoms with van der Waals surface area (Å²) in [6.07, 6.45) is 1.12. The number of rotatable bonds is 6. The van der Waals surface area contributed by atoms with Crippen LogP contribution in [-0.2, 0) is 0 Å². The maximum absolute atomic E-state index is 3.41. The van der Waals surface area contributed by atoms with Gasteiger partial charge in [0.25, 0.3) is 0 Å². The minimum Gasteiger partial charge on any atom is -0.313 e. The summed E-state index contributed by atoms with van der Waals surface area (Å²) in [7, 11) is 6.27. The highest BCUT2D eigenvalue weighted by Gasteiger charge is 2.09. The molecule has 0 fully saturated rings. The van der Waals surface area contributed by atoms with Gasteiger partial charge >= 0.3 is 0 Å². The van der Waals surface area contributed by atoms with Crippen LogP contribution in [0.5, 0.6) is 0 Å². The van der Waals surface area contributed by atoms with Crippen molar-refractivity contribution in [2.24, 2.45) is 0 Å². The maximum Gasteiger partial charge on any atom is 0.0329 e. The highest BCUT2D eigenvalue weighted by molar-refractivity contribution is 5.63. The summed E-state index contributed by atoms with van der Waals surface area (Å²) >= 11 is 0. The largest absolute Gasteiger partial charge is 0.313 e. The second-order valence-corrected chi connectivity index (χ2v) is 5.42. The molecule has 0 aliphatic rings. The number of benzene rings is 2. The van der Waals surface area contributed by atoms with E-state index in [1.165, 1.54) is 16.7 Å². The zero-order valence-corrected chi connectivity index (χ0v) is 12.6. The van der Waals surface area contributed by atoms with Crippen LogP contribution in [0.25, 0.3) is 11.1 Å². The Morgan fingerprint density at radius 3 is 2.05 bits per heavy atom. The van der Waals surface area contributed by atoms with E-state index in [1.54, 1.807) is 0 Å². The zero-order valence-electron chi connectivity index (χ0n) is 12.6. The minimum absolute atomic E-state index is 0.419. The van der Waals surface area contributed by atoms with Gasteiger partial charge in [0, 0.05) is 6.04 Å². The molecule has 0 aromatic heterocycles. The lowest BCUT2D eigenvalue weighted by molar-refractivity contribution is 0.368. The number of nitrogens with zero attached hydrogens (tertiary/aromatic N) is 1. The van der Waals surface area contributed by atoms with Crippen LogP contribution < -0.4 is 5.32 Å².